The summed E-state index contributed by atoms with van der Waals surface area (Å²) in [5.41, 5.74) is 7.03. The highest BCUT2D eigenvalue weighted by atomic mass is 79.9. The van der Waals surface area contributed by atoms with Gasteiger partial charge in [-0.1, -0.05) is 54.4 Å². The summed E-state index contributed by atoms with van der Waals surface area (Å²) in [4.78, 5) is 0.667. The lowest BCUT2D eigenvalue weighted by atomic mass is 9.50. The Morgan fingerprint density at radius 3 is 2.50 bits per heavy atom. The van der Waals surface area contributed by atoms with E-state index < -0.39 is 0 Å². The zero-order chi connectivity index (χ0) is 14.7. The fourth-order valence-corrected chi connectivity index (χ4v) is 5.92. The summed E-state index contributed by atoms with van der Waals surface area (Å²) in [7, 11) is 0. The predicted molar refractivity (Wildman–Crippen MR) is 90.8 cm³/mol. The smallest absolute Gasteiger partial charge is 0.0200 e. The Morgan fingerprint density at radius 2 is 1.80 bits per heavy atom. The van der Waals surface area contributed by atoms with Crippen LogP contribution < -0.4 is 0 Å². The Morgan fingerprint density at radius 1 is 1.10 bits per heavy atom. The molecule has 2 aliphatic rings. The van der Waals surface area contributed by atoms with Crippen molar-refractivity contribution in [1.82, 2.24) is 0 Å². The van der Waals surface area contributed by atoms with E-state index in [9.17, 15) is 0 Å². The van der Waals surface area contributed by atoms with Crippen LogP contribution >= 0.6 is 15.9 Å². The molecule has 0 heterocycles. The standard InChI is InChI=1S/C19H27Br/c1-12-10-13(2)17-14(11-12)6-7-15-18(3,4)16(20)8-9-19(15,17)5/h10-11,15-16H,6-9H2,1-5H3/t15-,16-,19-/m1/s1. The average molecular weight is 335 g/mol. The molecule has 0 bridgehead atoms. The number of hydrogen-bond donors (Lipinski definition) is 0. The van der Waals surface area contributed by atoms with Gasteiger partial charge < -0.3 is 0 Å². The Hall–Kier alpha value is -0.300. The Labute approximate surface area is 132 Å². The lowest BCUT2D eigenvalue weighted by molar-refractivity contribution is 0.0488. The van der Waals surface area contributed by atoms with Crippen LogP contribution in [0.25, 0.3) is 0 Å². The zero-order valence-corrected chi connectivity index (χ0v) is 15.1. The number of aryl methyl sites for hydroxylation is 3. The molecule has 1 saturated carbocycles. The molecule has 1 aromatic carbocycles. The second-order valence-corrected chi connectivity index (χ2v) is 9.06. The van der Waals surface area contributed by atoms with Crippen molar-refractivity contribution >= 4 is 15.9 Å². The van der Waals surface area contributed by atoms with E-state index >= 15 is 0 Å². The molecule has 0 saturated heterocycles. The molecule has 0 spiro atoms. The highest BCUT2D eigenvalue weighted by Crippen LogP contribution is 2.59. The molecule has 1 aromatic rings. The van der Waals surface area contributed by atoms with Crippen LogP contribution in [0.5, 0.6) is 0 Å². The van der Waals surface area contributed by atoms with Gasteiger partial charge in [0.2, 0.25) is 0 Å². The third-order valence-corrected chi connectivity index (χ3v) is 7.86. The molecular weight excluding hydrogens is 308 g/mol. The minimum Gasteiger partial charge on any atom is -0.0885 e. The molecular formula is C19H27Br. The maximum atomic E-state index is 3.97. The van der Waals surface area contributed by atoms with Gasteiger partial charge in [0.25, 0.3) is 0 Å². The van der Waals surface area contributed by atoms with Crippen molar-refractivity contribution in [2.75, 3.05) is 0 Å². The summed E-state index contributed by atoms with van der Waals surface area (Å²) in [6, 6.07) is 4.83. The first-order chi connectivity index (χ1) is 9.26. The molecule has 3 atom stereocenters. The second-order valence-electron chi connectivity index (χ2n) is 7.95. The van der Waals surface area contributed by atoms with E-state index in [1.807, 2.05) is 0 Å². The molecule has 20 heavy (non-hydrogen) atoms. The van der Waals surface area contributed by atoms with E-state index in [2.05, 4.69) is 62.7 Å². The molecule has 110 valence electrons. The fourth-order valence-electron chi connectivity index (χ4n) is 5.37. The molecule has 0 amide bonds. The van der Waals surface area contributed by atoms with Crippen LogP contribution in [0.1, 0.15) is 62.3 Å². The molecule has 1 heteroatoms. The molecule has 0 unspecified atom stereocenters. The van der Waals surface area contributed by atoms with E-state index in [0.717, 1.165) is 5.92 Å². The van der Waals surface area contributed by atoms with Crippen molar-refractivity contribution in [1.29, 1.82) is 0 Å². The Bertz CT molecular complexity index is 543. The Balaban J connectivity index is 2.16. The SMILES string of the molecule is Cc1cc(C)c2c(c1)CC[C@@H]1C(C)(C)[C@H](Br)CC[C@@]21C. The van der Waals surface area contributed by atoms with Crippen molar-refractivity contribution in [2.24, 2.45) is 11.3 Å². The molecule has 0 aromatic heterocycles. The van der Waals surface area contributed by atoms with Crippen LogP contribution in [0.3, 0.4) is 0 Å². The van der Waals surface area contributed by atoms with Crippen molar-refractivity contribution in [3.8, 4) is 0 Å². The molecule has 0 nitrogen and oxygen atoms in total. The average Bonchev–Trinajstić information content (AvgIpc) is 2.33. The first kappa shape index (κ1) is 14.6. The highest BCUT2D eigenvalue weighted by molar-refractivity contribution is 9.09. The van der Waals surface area contributed by atoms with Gasteiger partial charge in [-0.05, 0) is 73.0 Å². The van der Waals surface area contributed by atoms with Gasteiger partial charge in [0, 0.05) is 4.83 Å². The van der Waals surface area contributed by atoms with E-state index in [0.29, 0.717) is 15.7 Å². The molecule has 1 fully saturated rings. The predicted octanol–water partition coefficient (Wildman–Crippen LogP) is 5.71. The summed E-state index contributed by atoms with van der Waals surface area (Å²) in [6.07, 6.45) is 5.24. The van der Waals surface area contributed by atoms with Crippen LogP contribution in [-0.4, -0.2) is 4.83 Å². The zero-order valence-electron chi connectivity index (χ0n) is 13.5. The molecule has 0 N–H and O–H groups in total. The fraction of sp³-hybridized carbons (Fsp3) is 0.684. The highest BCUT2D eigenvalue weighted by Gasteiger charge is 2.53. The van der Waals surface area contributed by atoms with Gasteiger partial charge in [-0.3, -0.25) is 0 Å². The van der Waals surface area contributed by atoms with E-state index in [1.165, 1.54) is 36.8 Å². The van der Waals surface area contributed by atoms with Crippen LogP contribution in [0.4, 0.5) is 0 Å². The minimum absolute atomic E-state index is 0.374. The number of benzene rings is 1. The van der Waals surface area contributed by atoms with Gasteiger partial charge >= 0.3 is 0 Å². The molecule has 0 aliphatic heterocycles. The van der Waals surface area contributed by atoms with Crippen LogP contribution in [0.2, 0.25) is 0 Å². The first-order valence-electron chi connectivity index (χ1n) is 8.01. The number of rotatable bonds is 0. The number of alkyl halides is 1. The summed E-state index contributed by atoms with van der Waals surface area (Å²) >= 11 is 3.97. The van der Waals surface area contributed by atoms with Crippen molar-refractivity contribution < 1.29 is 0 Å². The maximum Gasteiger partial charge on any atom is 0.0200 e. The van der Waals surface area contributed by atoms with Gasteiger partial charge in [0.1, 0.15) is 0 Å². The summed E-state index contributed by atoms with van der Waals surface area (Å²) < 4.78 is 0. The monoisotopic (exact) mass is 334 g/mol. The molecule has 2 aliphatic carbocycles. The van der Waals surface area contributed by atoms with E-state index in [-0.39, 0.29) is 0 Å². The van der Waals surface area contributed by atoms with Gasteiger partial charge in [-0.15, -0.1) is 0 Å². The largest absolute Gasteiger partial charge is 0.0885 e. The van der Waals surface area contributed by atoms with Gasteiger partial charge in [-0.25, -0.2) is 0 Å². The number of halogens is 1. The summed E-state index contributed by atoms with van der Waals surface area (Å²) in [5, 5.41) is 0. The maximum absolute atomic E-state index is 3.97. The normalized spacial score (nSPS) is 35.3. The minimum atomic E-state index is 0.374. The number of fused-ring (bicyclic) bond motifs is 3. The summed E-state index contributed by atoms with van der Waals surface area (Å²) in [5.74, 6) is 0.794. The second kappa shape index (κ2) is 4.60. The molecule has 0 radical (unpaired) electrons. The first-order valence-corrected chi connectivity index (χ1v) is 8.93. The topological polar surface area (TPSA) is 0 Å². The van der Waals surface area contributed by atoms with Crippen molar-refractivity contribution in [2.45, 2.75) is 70.5 Å². The van der Waals surface area contributed by atoms with E-state index in [4.69, 9.17) is 0 Å². The third kappa shape index (κ3) is 1.92. The van der Waals surface area contributed by atoms with Crippen LogP contribution in [-0.2, 0) is 11.8 Å². The van der Waals surface area contributed by atoms with Gasteiger partial charge in [-0.2, -0.15) is 0 Å². The third-order valence-electron chi connectivity index (χ3n) is 6.23. The molecule has 3 rings (SSSR count). The number of hydrogen-bond acceptors (Lipinski definition) is 0. The van der Waals surface area contributed by atoms with Gasteiger partial charge in [0.05, 0.1) is 0 Å². The summed E-state index contributed by atoms with van der Waals surface area (Å²) in [6.45, 7) is 12.1. The lowest BCUT2D eigenvalue weighted by Gasteiger charge is -2.57. The van der Waals surface area contributed by atoms with Crippen molar-refractivity contribution in [3.05, 3.63) is 34.4 Å². The van der Waals surface area contributed by atoms with E-state index in [1.54, 1.807) is 11.1 Å². The van der Waals surface area contributed by atoms with Crippen LogP contribution in [0.15, 0.2) is 12.1 Å². The Kier molecular flexibility index (Phi) is 3.36. The lowest BCUT2D eigenvalue weighted by Crippen LogP contribution is -2.52. The van der Waals surface area contributed by atoms with Crippen LogP contribution in [0, 0.1) is 25.2 Å². The van der Waals surface area contributed by atoms with Crippen molar-refractivity contribution in [3.63, 3.8) is 0 Å². The van der Waals surface area contributed by atoms with Gasteiger partial charge in [0.15, 0.2) is 0 Å². The quantitative estimate of drug-likeness (QED) is 0.533.